The summed E-state index contributed by atoms with van der Waals surface area (Å²) < 4.78 is 11.4. The van der Waals surface area contributed by atoms with Crippen molar-refractivity contribution < 1.29 is 4.42 Å². The first kappa shape index (κ1) is 29.8. The van der Waals surface area contributed by atoms with E-state index in [0.29, 0.717) is 11.5 Å². The Kier molecular flexibility index (Phi) is 5.55. The van der Waals surface area contributed by atoms with E-state index in [1.54, 1.807) is 0 Å². The molecule has 0 aliphatic heterocycles. The van der Waals surface area contributed by atoms with Gasteiger partial charge in [0, 0.05) is 38.4 Å². The predicted molar refractivity (Wildman–Crippen MR) is 232 cm³/mol. The molecule has 2 aliphatic rings. The molecule has 0 amide bonds. The first-order valence-corrected chi connectivity index (χ1v) is 19.7. The van der Waals surface area contributed by atoms with Crippen LogP contribution < -0.4 is 0 Å². The number of furan rings is 1. The van der Waals surface area contributed by atoms with Gasteiger partial charge in [-0.2, -0.15) is 4.98 Å². The molecule has 5 heteroatoms. The molecule has 0 saturated heterocycles. The van der Waals surface area contributed by atoms with E-state index < -0.39 is 0 Å². The van der Waals surface area contributed by atoms with Gasteiger partial charge in [0.2, 0.25) is 5.95 Å². The minimum atomic E-state index is 0.255. The molecule has 14 rings (SSSR count). The summed E-state index contributed by atoms with van der Waals surface area (Å²) in [5.41, 5.74) is 16.1. The molecule has 0 saturated carbocycles. The lowest BCUT2D eigenvalue weighted by Gasteiger charge is -2.28. The minimum absolute atomic E-state index is 0.255. The van der Waals surface area contributed by atoms with E-state index in [2.05, 4.69) is 161 Å². The summed E-state index contributed by atoms with van der Waals surface area (Å²) in [7, 11) is 0. The summed E-state index contributed by atoms with van der Waals surface area (Å²) in [4.78, 5) is 11.2. The summed E-state index contributed by atoms with van der Waals surface area (Å²) >= 11 is 0. The third-order valence-electron chi connectivity index (χ3n) is 12.8. The van der Waals surface area contributed by atoms with Crippen molar-refractivity contribution in [2.24, 2.45) is 0 Å². The van der Waals surface area contributed by atoms with Crippen LogP contribution in [0.3, 0.4) is 0 Å². The van der Waals surface area contributed by atoms with Crippen molar-refractivity contribution in [2.75, 3.05) is 0 Å². The molecule has 0 spiro atoms. The zero-order chi connectivity index (χ0) is 36.9. The molecule has 1 unspecified atom stereocenters. The van der Waals surface area contributed by atoms with Crippen molar-refractivity contribution in [1.29, 1.82) is 0 Å². The van der Waals surface area contributed by atoms with E-state index in [4.69, 9.17) is 14.4 Å². The van der Waals surface area contributed by atoms with Crippen LogP contribution in [-0.4, -0.2) is 19.1 Å². The highest BCUT2D eigenvalue weighted by Crippen LogP contribution is 2.58. The van der Waals surface area contributed by atoms with Crippen LogP contribution in [-0.2, 0) is 6.42 Å². The molecular weight excluding hydrogens is 697 g/mol. The number of aromatic nitrogens is 4. The van der Waals surface area contributed by atoms with Crippen LogP contribution in [0.4, 0.5) is 0 Å². The van der Waals surface area contributed by atoms with Crippen molar-refractivity contribution >= 4 is 76.5 Å². The Morgan fingerprint density at radius 2 is 1.14 bits per heavy atom. The van der Waals surface area contributed by atoms with Crippen LogP contribution >= 0.6 is 0 Å². The van der Waals surface area contributed by atoms with Crippen LogP contribution in [0.5, 0.6) is 0 Å². The van der Waals surface area contributed by atoms with Gasteiger partial charge in [-0.3, -0.25) is 9.13 Å². The SMILES string of the molecule is c1ccc2c(c1)-c1cc3c4ccccc4n(-c4nc(-n5c6ccccc6c6ccccc65)c5oc6ccccc6c5n4)c3c3c1C2Cc1ccc2ccccc2c1-3. The van der Waals surface area contributed by atoms with Gasteiger partial charge in [0.1, 0.15) is 11.1 Å². The van der Waals surface area contributed by atoms with Gasteiger partial charge in [-0.1, -0.05) is 127 Å². The molecule has 8 aromatic carbocycles. The van der Waals surface area contributed by atoms with E-state index in [1.165, 1.54) is 71.3 Å². The Morgan fingerprint density at radius 3 is 1.93 bits per heavy atom. The van der Waals surface area contributed by atoms with Crippen LogP contribution in [0, 0.1) is 0 Å². The number of benzene rings is 8. The average molecular weight is 727 g/mol. The fraction of sp³-hybridized carbons (Fsp3) is 0.0385. The maximum Gasteiger partial charge on any atom is 0.237 e. The molecule has 0 fully saturated rings. The highest BCUT2D eigenvalue weighted by atomic mass is 16.3. The Bertz CT molecular complexity index is 3700. The van der Waals surface area contributed by atoms with Gasteiger partial charge in [-0.25, -0.2) is 4.98 Å². The monoisotopic (exact) mass is 726 g/mol. The number of fused-ring (bicyclic) bond motifs is 17. The van der Waals surface area contributed by atoms with Gasteiger partial charge in [0.25, 0.3) is 0 Å². The third kappa shape index (κ3) is 3.74. The first-order chi connectivity index (χ1) is 28.3. The van der Waals surface area contributed by atoms with Crippen LogP contribution in [0.25, 0.3) is 110 Å². The van der Waals surface area contributed by atoms with Gasteiger partial charge in [0.15, 0.2) is 11.4 Å². The molecule has 0 N–H and O–H groups in total. The van der Waals surface area contributed by atoms with Gasteiger partial charge >= 0.3 is 0 Å². The lowest BCUT2D eigenvalue weighted by atomic mass is 9.75. The maximum absolute atomic E-state index is 6.76. The quantitative estimate of drug-likeness (QED) is 0.178. The predicted octanol–water partition coefficient (Wildman–Crippen LogP) is 13.1. The maximum atomic E-state index is 6.76. The highest BCUT2D eigenvalue weighted by molar-refractivity contribution is 6.20. The Morgan fingerprint density at radius 1 is 0.509 bits per heavy atom. The molecule has 1 atom stereocenters. The lowest BCUT2D eigenvalue weighted by Crippen LogP contribution is -2.12. The summed E-state index contributed by atoms with van der Waals surface area (Å²) in [6.07, 6.45) is 0.963. The summed E-state index contributed by atoms with van der Waals surface area (Å²) in [6.45, 7) is 0. The standard InChI is InChI=1S/C52H30N4O/c1-2-14-31-29(13-1)25-26-30-27-38-32-15-3-4-16-33(32)39-28-40-36-19-7-11-23-43(36)56(49(40)47(45(30)31)46(38)39)52-53-48-37-20-8-12-24-44(37)57-50(48)51(54-52)55-41-21-9-5-17-34(41)35-18-6-10-22-42(35)55/h1-26,28,38H,27H2. The molecule has 5 nitrogen and oxygen atoms in total. The topological polar surface area (TPSA) is 48.8 Å². The van der Waals surface area contributed by atoms with Crippen molar-refractivity contribution in [2.45, 2.75) is 12.3 Å². The first-order valence-electron chi connectivity index (χ1n) is 19.7. The van der Waals surface area contributed by atoms with Crippen LogP contribution in [0.15, 0.2) is 168 Å². The average Bonchev–Trinajstić information content (AvgIpc) is 4.00. The molecule has 2 aliphatic carbocycles. The van der Waals surface area contributed by atoms with Crippen molar-refractivity contribution in [3.05, 3.63) is 180 Å². The van der Waals surface area contributed by atoms with Crippen LogP contribution in [0.1, 0.15) is 22.6 Å². The van der Waals surface area contributed by atoms with E-state index in [-0.39, 0.29) is 5.92 Å². The third-order valence-corrected chi connectivity index (χ3v) is 12.8. The van der Waals surface area contributed by atoms with E-state index >= 15 is 0 Å². The molecular formula is C52H30N4O. The second-order valence-electron chi connectivity index (χ2n) is 15.6. The largest absolute Gasteiger partial charge is 0.450 e. The zero-order valence-electron chi connectivity index (χ0n) is 30.6. The van der Waals surface area contributed by atoms with E-state index in [1.807, 2.05) is 12.1 Å². The summed E-state index contributed by atoms with van der Waals surface area (Å²) in [5.74, 6) is 1.60. The number of hydrogen-bond acceptors (Lipinski definition) is 3. The van der Waals surface area contributed by atoms with E-state index in [9.17, 15) is 0 Å². The second kappa shape index (κ2) is 10.6. The molecule has 0 radical (unpaired) electrons. The number of hydrogen-bond donors (Lipinski definition) is 0. The second-order valence-corrected chi connectivity index (χ2v) is 15.6. The Labute approximate surface area is 325 Å². The van der Waals surface area contributed by atoms with Gasteiger partial charge in [0.05, 0.1) is 22.1 Å². The molecule has 4 aromatic heterocycles. The van der Waals surface area contributed by atoms with E-state index in [0.717, 1.165) is 50.8 Å². The summed E-state index contributed by atoms with van der Waals surface area (Å²) in [6, 6.07) is 59.2. The van der Waals surface area contributed by atoms with Gasteiger partial charge in [-0.15, -0.1) is 0 Å². The molecule has 57 heavy (non-hydrogen) atoms. The molecule has 0 bridgehead atoms. The fourth-order valence-corrected chi connectivity index (χ4v) is 10.6. The minimum Gasteiger partial charge on any atom is -0.450 e. The fourth-order valence-electron chi connectivity index (χ4n) is 10.6. The van der Waals surface area contributed by atoms with Gasteiger partial charge in [-0.05, 0) is 87.0 Å². The molecule has 12 aromatic rings. The van der Waals surface area contributed by atoms with Crippen molar-refractivity contribution in [1.82, 2.24) is 19.1 Å². The molecule has 264 valence electrons. The van der Waals surface area contributed by atoms with Crippen LogP contribution in [0.2, 0.25) is 0 Å². The Hall–Kier alpha value is -7.50. The normalized spacial score (nSPS) is 14.4. The number of rotatable bonds is 2. The smallest absolute Gasteiger partial charge is 0.237 e. The zero-order valence-corrected chi connectivity index (χ0v) is 30.6. The van der Waals surface area contributed by atoms with Crippen molar-refractivity contribution in [3.63, 3.8) is 0 Å². The molecule has 4 heterocycles. The lowest BCUT2D eigenvalue weighted by molar-refractivity contribution is 0.661. The number of para-hydroxylation sites is 4. The van der Waals surface area contributed by atoms with Crippen molar-refractivity contribution in [3.8, 4) is 34.0 Å². The summed E-state index contributed by atoms with van der Waals surface area (Å²) in [5, 5.41) is 8.21. The Balaban J connectivity index is 1.20. The number of nitrogens with zero attached hydrogens (tertiary/aromatic N) is 4. The highest BCUT2D eigenvalue weighted by Gasteiger charge is 2.39. The van der Waals surface area contributed by atoms with Gasteiger partial charge < -0.3 is 4.42 Å².